The number of hydrogen-bond acceptors (Lipinski definition) is 9. The first-order valence-corrected chi connectivity index (χ1v) is 15.6. The van der Waals surface area contributed by atoms with Crippen LogP contribution in [0.3, 0.4) is 0 Å². The van der Waals surface area contributed by atoms with E-state index in [1.54, 1.807) is 31.2 Å². The first-order chi connectivity index (χ1) is 21.3. The number of esters is 1. The fourth-order valence-corrected chi connectivity index (χ4v) is 5.33. The number of aryl methyl sites for hydroxylation is 1. The lowest BCUT2D eigenvalue weighted by Gasteiger charge is -2.35. The number of nitrogens with zero attached hydrogens (tertiary/aromatic N) is 2. The predicted molar refractivity (Wildman–Crippen MR) is 174 cm³/mol. The normalized spacial score (nSPS) is 14.6. The fraction of sp³-hybridized carbons (Fsp3) is 0.433. The van der Waals surface area contributed by atoms with Gasteiger partial charge in [0.25, 0.3) is 0 Å². The number of amidine groups is 1. The van der Waals surface area contributed by atoms with Gasteiger partial charge in [-0.3, -0.25) is 25.6 Å². The van der Waals surface area contributed by atoms with Crippen molar-refractivity contribution in [2.45, 2.75) is 49.5 Å². The van der Waals surface area contributed by atoms with Gasteiger partial charge in [0.2, 0.25) is 9.70 Å². The van der Waals surface area contributed by atoms with Crippen molar-refractivity contribution >= 4 is 75.3 Å². The van der Waals surface area contributed by atoms with Gasteiger partial charge in [-0.05, 0) is 75.1 Å². The number of rotatable bonds is 11. The van der Waals surface area contributed by atoms with E-state index in [1.165, 1.54) is 0 Å². The highest BCUT2D eigenvalue weighted by Crippen LogP contribution is 2.32. The number of carbonyl (C=O) groups is 3. The van der Waals surface area contributed by atoms with Crippen LogP contribution in [0.25, 0.3) is 11.0 Å². The number of anilines is 1. The second-order valence-corrected chi connectivity index (χ2v) is 13.2. The number of benzene rings is 2. The van der Waals surface area contributed by atoms with Gasteiger partial charge in [0.05, 0.1) is 30.7 Å². The SMILES string of the molecule is CCOC(=O)CNC(C)(C(=O)N1CCCC1)c1ccc2[nH]c(CNc3ccc(C(=N)NC(=O)OCC(Cl)(Cl)Cl)cc3)nc2c1C. The van der Waals surface area contributed by atoms with Crippen LogP contribution in [-0.4, -0.2) is 75.3 Å². The molecule has 1 fully saturated rings. The van der Waals surface area contributed by atoms with Gasteiger partial charge in [-0.15, -0.1) is 0 Å². The van der Waals surface area contributed by atoms with Gasteiger partial charge in [0.1, 0.15) is 23.8 Å². The molecule has 45 heavy (non-hydrogen) atoms. The summed E-state index contributed by atoms with van der Waals surface area (Å²) in [5.74, 6) is -0.0140. The third-order valence-corrected chi connectivity index (χ3v) is 7.76. The molecule has 5 N–H and O–H groups in total. The summed E-state index contributed by atoms with van der Waals surface area (Å²) in [6, 6.07) is 10.6. The van der Waals surface area contributed by atoms with Gasteiger partial charge in [0.15, 0.2) is 0 Å². The molecule has 0 saturated carbocycles. The summed E-state index contributed by atoms with van der Waals surface area (Å²) in [6.07, 6.45) is 0.987. The zero-order chi connectivity index (χ0) is 32.8. The van der Waals surface area contributed by atoms with Crippen LogP contribution in [0.5, 0.6) is 0 Å². The van der Waals surface area contributed by atoms with Gasteiger partial charge in [0, 0.05) is 24.3 Å². The maximum Gasteiger partial charge on any atom is 0.412 e. The Hall–Kier alpha value is -3.58. The number of hydrogen-bond donors (Lipinski definition) is 5. The number of H-pyrrole nitrogens is 1. The number of carbonyl (C=O) groups excluding carboxylic acids is 3. The molecule has 0 spiro atoms. The lowest BCUT2D eigenvalue weighted by Crippen LogP contribution is -2.54. The number of alkyl halides is 3. The summed E-state index contributed by atoms with van der Waals surface area (Å²) >= 11 is 16.7. The van der Waals surface area contributed by atoms with Crippen LogP contribution in [0.15, 0.2) is 36.4 Å². The predicted octanol–water partition coefficient (Wildman–Crippen LogP) is 4.90. The molecule has 242 valence electrons. The Morgan fingerprint density at radius 2 is 1.76 bits per heavy atom. The van der Waals surface area contributed by atoms with E-state index in [2.05, 4.69) is 20.9 Å². The molecule has 1 aliphatic rings. The molecule has 0 radical (unpaired) electrons. The Kier molecular flexibility index (Phi) is 11.2. The Balaban J connectivity index is 1.46. The van der Waals surface area contributed by atoms with E-state index in [4.69, 9.17) is 54.7 Å². The van der Waals surface area contributed by atoms with Gasteiger partial charge in [-0.2, -0.15) is 0 Å². The average molecular weight is 681 g/mol. The smallest absolute Gasteiger partial charge is 0.412 e. The van der Waals surface area contributed by atoms with Crippen molar-refractivity contribution < 1.29 is 23.9 Å². The minimum atomic E-state index is -1.75. The van der Waals surface area contributed by atoms with Crippen molar-refractivity contribution in [1.82, 2.24) is 25.5 Å². The van der Waals surface area contributed by atoms with E-state index >= 15 is 0 Å². The fourth-order valence-electron chi connectivity index (χ4n) is 5.17. The first kappa shape index (κ1) is 34.3. The van der Waals surface area contributed by atoms with Crippen molar-refractivity contribution in [2.75, 3.05) is 38.2 Å². The minimum absolute atomic E-state index is 0.0874. The number of fused-ring (bicyclic) bond motifs is 1. The number of imidazole rings is 1. The van der Waals surface area contributed by atoms with E-state index in [-0.39, 0.29) is 24.9 Å². The van der Waals surface area contributed by atoms with Crippen LogP contribution >= 0.6 is 34.8 Å². The molecule has 0 aliphatic carbocycles. The molecule has 1 saturated heterocycles. The average Bonchev–Trinajstić information content (AvgIpc) is 3.69. The number of likely N-dealkylation sites (tertiary alicyclic amines) is 1. The summed E-state index contributed by atoms with van der Waals surface area (Å²) in [6.45, 7) is 6.90. The number of alkyl carbamates (subject to hydrolysis) is 1. The zero-order valence-electron chi connectivity index (χ0n) is 25.2. The molecular formula is C30H36Cl3N7O5. The topological polar surface area (TPSA) is 162 Å². The summed E-state index contributed by atoms with van der Waals surface area (Å²) < 4.78 is 8.14. The molecule has 12 nitrogen and oxygen atoms in total. The molecule has 3 aromatic rings. The van der Waals surface area contributed by atoms with Crippen molar-refractivity contribution in [3.8, 4) is 0 Å². The second-order valence-electron chi connectivity index (χ2n) is 10.7. The highest BCUT2D eigenvalue weighted by atomic mass is 35.6. The Labute approximate surface area is 276 Å². The molecule has 4 rings (SSSR count). The number of halogens is 3. The highest BCUT2D eigenvalue weighted by molar-refractivity contribution is 6.67. The molecule has 15 heteroatoms. The van der Waals surface area contributed by atoms with Crippen molar-refractivity contribution in [2.24, 2.45) is 0 Å². The summed E-state index contributed by atoms with van der Waals surface area (Å²) in [5, 5.41) is 16.8. The molecular weight excluding hydrogens is 645 g/mol. The molecule has 1 unspecified atom stereocenters. The molecule has 1 atom stereocenters. The van der Waals surface area contributed by atoms with Crippen molar-refractivity contribution in [3.05, 3.63) is 58.9 Å². The standard InChI is InChI=1S/C30H36Cl3N7O5/c1-4-44-24(41)16-36-29(3,27(42)40-13-5-6-14-40)21-11-12-22-25(18(21)2)38-23(37-22)15-35-20-9-7-19(8-10-20)26(34)39-28(43)45-17-30(31,32)33/h7-12,35-36H,4-6,13-17H2,1-3H3,(H,37,38)(H2,34,39,43). The van der Waals surface area contributed by atoms with Crippen LogP contribution in [-0.2, 0) is 31.1 Å². The number of nitrogens with one attached hydrogen (secondary N) is 5. The zero-order valence-corrected chi connectivity index (χ0v) is 27.5. The number of aromatic nitrogens is 2. The third-order valence-electron chi connectivity index (χ3n) is 7.44. The molecule has 0 bridgehead atoms. The highest BCUT2D eigenvalue weighted by Gasteiger charge is 2.41. The van der Waals surface area contributed by atoms with E-state index in [9.17, 15) is 14.4 Å². The van der Waals surface area contributed by atoms with Gasteiger partial charge in [-0.1, -0.05) is 40.9 Å². The van der Waals surface area contributed by atoms with Crippen LogP contribution in [0.4, 0.5) is 10.5 Å². The molecule has 1 aromatic heterocycles. The number of amides is 2. The first-order valence-electron chi connectivity index (χ1n) is 14.4. The Morgan fingerprint density at radius 1 is 1.07 bits per heavy atom. The summed E-state index contributed by atoms with van der Waals surface area (Å²) in [5.41, 5.74) is 3.15. The monoisotopic (exact) mass is 679 g/mol. The Morgan fingerprint density at radius 3 is 2.40 bits per heavy atom. The summed E-state index contributed by atoms with van der Waals surface area (Å²) in [7, 11) is 0. The number of ether oxygens (including phenoxy) is 2. The maximum absolute atomic E-state index is 13.8. The van der Waals surface area contributed by atoms with Crippen LogP contribution in [0, 0.1) is 12.3 Å². The molecule has 1 aliphatic heterocycles. The van der Waals surface area contributed by atoms with Gasteiger partial charge < -0.3 is 24.7 Å². The molecule has 2 heterocycles. The second kappa shape index (κ2) is 14.7. The van der Waals surface area contributed by atoms with Gasteiger partial charge >= 0.3 is 12.1 Å². The van der Waals surface area contributed by atoms with E-state index in [1.807, 2.05) is 30.9 Å². The largest absolute Gasteiger partial charge is 0.465 e. The van der Waals surface area contributed by atoms with E-state index in [0.717, 1.165) is 40.7 Å². The maximum atomic E-state index is 13.8. The Bertz CT molecular complexity index is 1550. The molecule has 2 aromatic carbocycles. The lowest BCUT2D eigenvalue weighted by atomic mass is 9.86. The van der Waals surface area contributed by atoms with Crippen LogP contribution in [0.2, 0.25) is 0 Å². The van der Waals surface area contributed by atoms with Crippen LogP contribution < -0.4 is 16.0 Å². The van der Waals surface area contributed by atoms with E-state index < -0.39 is 28.0 Å². The summed E-state index contributed by atoms with van der Waals surface area (Å²) in [4.78, 5) is 47.8. The van der Waals surface area contributed by atoms with Crippen molar-refractivity contribution in [3.63, 3.8) is 0 Å². The van der Waals surface area contributed by atoms with Crippen LogP contribution in [0.1, 0.15) is 49.2 Å². The third kappa shape index (κ3) is 8.78. The van der Waals surface area contributed by atoms with E-state index in [0.29, 0.717) is 31.0 Å². The number of aromatic amines is 1. The quantitative estimate of drug-likeness (QED) is 0.0828. The molecule has 2 amide bonds. The minimum Gasteiger partial charge on any atom is -0.465 e. The van der Waals surface area contributed by atoms with Crippen molar-refractivity contribution in [1.29, 1.82) is 5.41 Å². The van der Waals surface area contributed by atoms with Gasteiger partial charge in [-0.25, -0.2) is 9.78 Å². The lowest BCUT2D eigenvalue weighted by molar-refractivity contribution is -0.143.